The summed E-state index contributed by atoms with van der Waals surface area (Å²) >= 11 is 0. The Hall–Kier alpha value is -3.88. The van der Waals surface area contributed by atoms with Crippen molar-refractivity contribution in [1.29, 1.82) is 0 Å². The number of benzene rings is 1. The summed E-state index contributed by atoms with van der Waals surface area (Å²) in [5, 5.41) is 15.7. The predicted octanol–water partition coefficient (Wildman–Crippen LogP) is 4.26. The molecule has 0 aliphatic carbocycles. The van der Waals surface area contributed by atoms with Gasteiger partial charge in [0.25, 0.3) is 5.91 Å². The van der Waals surface area contributed by atoms with E-state index in [0.29, 0.717) is 22.8 Å². The van der Waals surface area contributed by atoms with Gasteiger partial charge in [0.1, 0.15) is 11.6 Å². The summed E-state index contributed by atoms with van der Waals surface area (Å²) in [4.78, 5) is 17.1. The van der Waals surface area contributed by atoms with E-state index in [4.69, 9.17) is 0 Å². The standard InChI is InChI=1S/C24H24FN7O/c1-15-12-16(2)32(30-15)21-10-8-18(14-26-21)24(33)27-20-13-17(7-9-19(20)25)23-29-28-22-6-4-3-5-11-31(22)23/h7-10,12-14H,3-6,11H2,1-2H3,(H,27,33). The number of pyridine rings is 1. The lowest BCUT2D eigenvalue weighted by atomic mass is 10.1. The van der Waals surface area contributed by atoms with Crippen LogP contribution in [0.5, 0.6) is 0 Å². The molecule has 5 rings (SSSR count). The molecule has 0 saturated heterocycles. The predicted molar refractivity (Wildman–Crippen MR) is 122 cm³/mol. The molecule has 1 aliphatic heterocycles. The van der Waals surface area contributed by atoms with Gasteiger partial charge in [-0.05, 0) is 63.1 Å². The highest BCUT2D eigenvalue weighted by atomic mass is 19.1. The van der Waals surface area contributed by atoms with Crippen molar-refractivity contribution < 1.29 is 9.18 Å². The quantitative estimate of drug-likeness (QED) is 0.507. The number of nitrogens with one attached hydrogen (secondary N) is 1. The van der Waals surface area contributed by atoms with Gasteiger partial charge in [0, 0.05) is 30.4 Å². The van der Waals surface area contributed by atoms with Crippen LogP contribution in [0.25, 0.3) is 17.2 Å². The summed E-state index contributed by atoms with van der Waals surface area (Å²) in [5.41, 5.74) is 2.95. The molecule has 9 heteroatoms. The van der Waals surface area contributed by atoms with E-state index in [1.54, 1.807) is 28.9 Å². The molecular formula is C24H24FN7O. The number of rotatable bonds is 4. The molecule has 8 nitrogen and oxygen atoms in total. The van der Waals surface area contributed by atoms with E-state index in [2.05, 4.69) is 30.2 Å². The maximum Gasteiger partial charge on any atom is 0.257 e. The number of hydrogen-bond acceptors (Lipinski definition) is 5. The Kier molecular flexibility index (Phi) is 5.45. The van der Waals surface area contributed by atoms with Crippen LogP contribution >= 0.6 is 0 Å². The summed E-state index contributed by atoms with van der Waals surface area (Å²) in [5.74, 6) is 1.29. The number of fused-ring (bicyclic) bond motifs is 1. The molecule has 0 radical (unpaired) electrons. The average Bonchev–Trinajstić information content (AvgIpc) is 3.28. The van der Waals surface area contributed by atoms with Crippen molar-refractivity contribution in [2.75, 3.05) is 5.32 Å². The lowest BCUT2D eigenvalue weighted by molar-refractivity contribution is 0.102. The largest absolute Gasteiger partial charge is 0.319 e. The zero-order valence-electron chi connectivity index (χ0n) is 18.5. The first-order chi connectivity index (χ1) is 16.0. The van der Waals surface area contributed by atoms with Crippen molar-refractivity contribution >= 4 is 11.6 Å². The van der Waals surface area contributed by atoms with E-state index in [1.807, 2.05) is 19.9 Å². The van der Waals surface area contributed by atoms with Gasteiger partial charge in [-0.3, -0.25) is 4.79 Å². The molecule has 4 heterocycles. The van der Waals surface area contributed by atoms with E-state index >= 15 is 0 Å². The van der Waals surface area contributed by atoms with Gasteiger partial charge in [-0.25, -0.2) is 14.1 Å². The van der Waals surface area contributed by atoms with Gasteiger partial charge in [0.2, 0.25) is 0 Å². The fraction of sp³-hybridized carbons (Fsp3) is 0.292. The van der Waals surface area contributed by atoms with E-state index in [-0.39, 0.29) is 5.69 Å². The lowest BCUT2D eigenvalue weighted by Gasteiger charge is -2.11. The van der Waals surface area contributed by atoms with E-state index in [9.17, 15) is 9.18 Å². The number of halogens is 1. The highest BCUT2D eigenvalue weighted by Gasteiger charge is 2.18. The van der Waals surface area contributed by atoms with Gasteiger partial charge in [-0.15, -0.1) is 10.2 Å². The average molecular weight is 446 g/mol. The Balaban J connectivity index is 1.38. The number of hydrogen-bond donors (Lipinski definition) is 1. The third-order valence-electron chi connectivity index (χ3n) is 5.82. The Morgan fingerprint density at radius 3 is 2.70 bits per heavy atom. The van der Waals surface area contributed by atoms with Gasteiger partial charge >= 0.3 is 0 Å². The first-order valence-corrected chi connectivity index (χ1v) is 11.0. The minimum Gasteiger partial charge on any atom is -0.319 e. The fourth-order valence-electron chi connectivity index (χ4n) is 4.16. The summed E-state index contributed by atoms with van der Waals surface area (Å²) in [6.45, 7) is 4.68. The lowest BCUT2D eigenvalue weighted by Crippen LogP contribution is -2.14. The second-order valence-corrected chi connectivity index (χ2v) is 8.29. The van der Waals surface area contributed by atoms with E-state index in [0.717, 1.165) is 49.4 Å². The van der Waals surface area contributed by atoms with Crippen molar-refractivity contribution in [3.05, 3.63) is 71.2 Å². The maximum absolute atomic E-state index is 14.5. The van der Waals surface area contributed by atoms with Crippen LogP contribution in [0.15, 0.2) is 42.6 Å². The molecule has 4 aromatic rings. The molecule has 1 amide bonds. The zero-order chi connectivity index (χ0) is 22.9. The normalized spacial score (nSPS) is 13.4. The van der Waals surface area contributed by atoms with Crippen LogP contribution in [0.2, 0.25) is 0 Å². The Morgan fingerprint density at radius 1 is 1.06 bits per heavy atom. The number of carbonyl (C=O) groups excluding carboxylic acids is 1. The van der Waals surface area contributed by atoms with E-state index in [1.165, 1.54) is 12.3 Å². The van der Waals surface area contributed by atoms with Crippen LogP contribution in [0, 0.1) is 19.7 Å². The number of carbonyl (C=O) groups is 1. The number of aromatic nitrogens is 6. The summed E-state index contributed by atoms with van der Waals surface area (Å²) < 4.78 is 18.3. The molecule has 1 aromatic carbocycles. The minimum atomic E-state index is -0.519. The van der Waals surface area contributed by atoms with Crippen molar-refractivity contribution in [3.63, 3.8) is 0 Å². The number of nitrogens with zero attached hydrogens (tertiary/aromatic N) is 6. The van der Waals surface area contributed by atoms with Crippen molar-refractivity contribution in [1.82, 2.24) is 29.5 Å². The van der Waals surface area contributed by atoms with Gasteiger partial charge in [-0.1, -0.05) is 6.42 Å². The summed E-state index contributed by atoms with van der Waals surface area (Å²) in [7, 11) is 0. The summed E-state index contributed by atoms with van der Waals surface area (Å²) in [6.07, 6.45) is 5.65. The van der Waals surface area contributed by atoms with Gasteiger partial charge in [0.05, 0.1) is 16.9 Å². The van der Waals surface area contributed by atoms with Gasteiger partial charge < -0.3 is 9.88 Å². The molecule has 1 aliphatic rings. The van der Waals surface area contributed by atoms with Crippen LogP contribution in [0.1, 0.15) is 46.8 Å². The highest BCUT2D eigenvalue weighted by Crippen LogP contribution is 2.27. The van der Waals surface area contributed by atoms with Crippen molar-refractivity contribution in [3.8, 4) is 17.2 Å². The highest BCUT2D eigenvalue weighted by molar-refractivity contribution is 6.04. The molecule has 0 atom stereocenters. The Morgan fingerprint density at radius 2 is 1.94 bits per heavy atom. The second-order valence-electron chi connectivity index (χ2n) is 8.29. The van der Waals surface area contributed by atoms with Crippen molar-refractivity contribution in [2.45, 2.75) is 46.1 Å². The molecule has 3 aromatic heterocycles. The SMILES string of the molecule is Cc1cc(C)n(-c2ccc(C(=O)Nc3cc(-c4nnc5n4CCCCC5)ccc3F)cn2)n1. The molecule has 33 heavy (non-hydrogen) atoms. The molecule has 0 fully saturated rings. The first-order valence-electron chi connectivity index (χ1n) is 11.0. The Labute approximate surface area is 190 Å². The smallest absolute Gasteiger partial charge is 0.257 e. The molecule has 1 N–H and O–H groups in total. The van der Waals surface area contributed by atoms with Crippen LogP contribution in [-0.4, -0.2) is 35.4 Å². The number of aryl methyl sites for hydroxylation is 3. The molecule has 0 saturated carbocycles. The number of anilines is 1. The molecule has 168 valence electrons. The third-order valence-corrected chi connectivity index (χ3v) is 5.82. The van der Waals surface area contributed by atoms with E-state index < -0.39 is 11.7 Å². The van der Waals surface area contributed by atoms with Crippen LogP contribution in [-0.2, 0) is 13.0 Å². The summed E-state index contributed by atoms with van der Waals surface area (Å²) in [6, 6.07) is 9.92. The minimum absolute atomic E-state index is 0.0890. The molecular weight excluding hydrogens is 421 g/mol. The van der Waals surface area contributed by atoms with Crippen LogP contribution < -0.4 is 5.32 Å². The van der Waals surface area contributed by atoms with Crippen LogP contribution in [0.4, 0.5) is 10.1 Å². The fourth-order valence-corrected chi connectivity index (χ4v) is 4.16. The van der Waals surface area contributed by atoms with Gasteiger partial charge in [0.15, 0.2) is 11.6 Å². The monoisotopic (exact) mass is 445 g/mol. The molecule has 0 spiro atoms. The second kappa shape index (κ2) is 8.57. The van der Waals surface area contributed by atoms with Crippen molar-refractivity contribution in [2.24, 2.45) is 0 Å². The maximum atomic E-state index is 14.5. The number of amides is 1. The zero-order valence-corrected chi connectivity index (χ0v) is 18.5. The molecule has 0 unspecified atom stereocenters. The molecule has 0 bridgehead atoms. The third kappa shape index (κ3) is 4.13. The Bertz CT molecular complexity index is 1320. The van der Waals surface area contributed by atoms with Crippen LogP contribution in [0.3, 0.4) is 0 Å². The van der Waals surface area contributed by atoms with Gasteiger partial charge in [-0.2, -0.15) is 5.10 Å². The topological polar surface area (TPSA) is 90.5 Å². The first kappa shape index (κ1) is 21.0.